The second kappa shape index (κ2) is 19.3. The van der Waals surface area contributed by atoms with Crippen LogP contribution in [-0.4, -0.2) is 16.2 Å². The molecule has 3 heterocycles. The Bertz CT molecular complexity index is 3590. The monoisotopic (exact) mass is 1020 g/mol. The second-order valence-electron chi connectivity index (χ2n) is 26.8. The summed E-state index contributed by atoms with van der Waals surface area (Å²) in [6.07, 6.45) is 1.95. The van der Waals surface area contributed by atoms with E-state index < -0.39 is 0 Å². The lowest BCUT2D eigenvalue weighted by Gasteiger charge is -2.36. The number of aromatic nitrogens is 2. The van der Waals surface area contributed by atoms with Crippen LogP contribution in [0.5, 0.6) is 11.5 Å². The first-order valence-electron chi connectivity index (χ1n) is 27.7. The van der Waals surface area contributed by atoms with Gasteiger partial charge in [0.25, 0.3) is 0 Å². The molecular weight excluding hydrogens is 937 g/mol. The number of rotatable bonds is 10. The molecule has 0 bridgehead atoms. The van der Waals surface area contributed by atoms with Gasteiger partial charge in [-0.25, -0.2) is 4.98 Å². The lowest BCUT2D eigenvalue weighted by Crippen LogP contribution is -2.32. The number of benzene rings is 7. The number of hydrogen-bond acceptors (Lipinski definition) is 4. The van der Waals surface area contributed by atoms with E-state index in [4.69, 9.17) is 9.72 Å². The highest BCUT2D eigenvalue weighted by atomic mass is 16.5. The smallest absolute Gasteiger partial charge is 0.137 e. The molecule has 5 nitrogen and oxygen atoms in total. The van der Waals surface area contributed by atoms with Crippen molar-refractivity contribution in [3.05, 3.63) is 227 Å². The van der Waals surface area contributed by atoms with Crippen LogP contribution in [0.4, 0.5) is 11.4 Å². The van der Waals surface area contributed by atoms with Gasteiger partial charge >= 0.3 is 0 Å². The van der Waals surface area contributed by atoms with Crippen molar-refractivity contribution in [3.8, 4) is 28.4 Å². The van der Waals surface area contributed by atoms with Gasteiger partial charge in [0.1, 0.15) is 17.3 Å². The summed E-state index contributed by atoms with van der Waals surface area (Å²) < 4.78 is 9.54. The summed E-state index contributed by atoms with van der Waals surface area (Å²) >= 11 is 0. The van der Waals surface area contributed by atoms with Gasteiger partial charge in [0.05, 0.1) is 17.7 Å². The predicted molar refractivity (Wildman–Crippen MR) is 327 cm³/mol. The Kier molecular flexibility index (Phi) is 13.3. The summed E-state index contributed by atoms with van der Waals surface area (Å²) in [7, 11) is 0. The Hall–Kier alpha value is -7.37. The fourth-order valence-corrected chi connectivity index (χ4v) is 11.5. The highest BCUT2D eigenvalue weighted by Crippen LogP contribution is 2.51. The van der Waals surface area contributed by atoms with Crippen LogP contribution in [0.15, 0.2) is 194 Å². The summed E-state index contributed by atoms with van der Waals surface area (Å²) in [4.78, 5) is 10.2. The van der Waals surface area contributed by atoms with Crippen molar-refractivity contribution in [2.75, 3.05) is 16.5 Å². The van der Waals surface area contributed by atoms with Gasteiger partial charge in [-0.1, -0.05) is 214 Å². The molecule has 1 aliphatic heterocycles. The molecule has 394 valence electrons. The maximum atomic E-state index is 7.22. The van der Waals surface area contributed by atoms with Crippen LogP contribution < -0.4 is 14.5 Å². The third-order valence-electron chi connectivity index (χ3n) is 16.1. The molecular formula is C72H80N4O. The molecule has 5 heteroatoms. The van der Waals surface area contributed by atoms with Gasteiger partial charge in [0.2, 0.25) is 0 Å². The zero-order valence-electron chi connectivity index (χ0n) is 48.7. The lowest BCUT2D eigenvalue weighted by atomic mass is 9.73. The minimum absolute atomic E-state index is 0.00878. The van der Waals surface area contributed by atoms with E-state index >= 15 is 0 Å². The van der Waals surface area contributed by atoms with Gasteiger partial charge in [0, 0.05) is 73.5 Å². The van der Waals surface area contributed by atoms with Crippen molar-refractivity contribution in [2.24, 2.45) is 10.8 Å². The maximum Gasteiger partial charge on any atom is 0.137 e. The van der Waals surface area contributed by atoms with Crippen LogP contribution >= 0.6 is 0 Å². The molecule has 0 saturated carbocycles. The largest absolute Gasteiger partial charge is 0.457 e. The normalized spacial score (nSPS) is 14.1. The Morgan fingerprint density at radius 3 is 1.42 bits per heavy atom. The number of pyridine rings is 1. The minimum Gasteiger partial charge on any atom is -0.457 e. The molecule has 10 rings (SSSR count). The number of nitrogens with zero attached hydrogens (tertiary/aromatic N) is 4. The van der Waals surface area contributed by atoms with Crippen molar-refractivity contribution in [1.29, 1.82) is 0 Å². The van der Waals surface area contributed by atoms with E-state index in [0.29, 0.717) is 6.67 Å². The van der Waals surface area contributed by atoms with E-state index in [-0.39, 0.29) is 32.5 Å². The molecule has 0 saturated heterocycles. The molecule has 1 aliphatic rings. The van der Waals surface area contributed by atoms with E-state index in [1.165, 1.54) is 61.2 Å². The molecule has 0 atom stereocenters. The van der Waals surface area contributed by atoms with Crippen LogP contribution in [0.25, 0.3) is 38.8 Å². The maximum absolute atomic E-state index is 7.22. The topological polar surface area (TPSA) is 33.5 Å². The summed E-state index contributed by atoms with van der Waals surface area (Å²) in [5, 5.41) is 2.37. The molecule has 0 amide bonds. The molecule has 0 N–H and O–H groups in total. The number of hydrogen-bond donors (Lipinski definition) is 0. The van der Waals surface area contributed by atoms with E-state index in [2.05, 4.69) is 301 Å². The number of allylic oxidation sites excluding steroid dienone is 2. The zero-order valence-corrected chi connectivity index (χ0v) is 48.7. The Balaban J connectivity index is 1.14. The lowest BCUT2D eigenvalue weighted by molar-refractivity contribution is 0.444. The molecule has 0 radical (unpaired) electrons. The van der Waals surface area contributed by atoms with Crippen molar-refractivity contribution in [2.45, 2.75) is 132 Å². The fourth-order valence-electron chi connectivity index (χ4n) is 11.5. The SMILES string of the molecule is CC(C)(C)C1=C(C(C)(C)C)N(c2cc(C(C)(C)c3ccccc3)cc(C(C)(C)c3ccccc3)c2)CN1c1cc(Oc2ccc3c4cc(C(C)(C)C)ccc4n(-c4cc(C(C)(C)C)ccn4)c3c2)cc(-c2ccccc2)c1. The number of fused-ring (bicyclic) bond motifs is 3. The Labute approximate surface area is 460 Å². The highest BCUT2D eigenvalue weighted by Gasteiger charge is 2.43. The van der Waals surface area contributed by atoms with Crippen molar-refractivity contribution in [3.63, 3.8) is 0 Å². The zero-order chi connectivity index (χ0) is 55.0. The molecule has 0 unspecified atom stereocenters. The summed E-state index contributed by atoms with van der Waals surface area (Å²) in [5.74, 6) is 2.43. The van der Waals surface area contributed by atoms with Crippen molar-refractivity contribution in [1.82, 2.24) is 9.55 Å². The molecule has 9 aromatic rings. The molecule has 7 aromatic carbocycles. The van der Waals surface area contributed by atoms with E-state index in [9.17, 15) is 0 Å². The molecule has 0 fully saturated rings. The fraction of sp³-hybridized carbons (Fsp3) is 0.319. The first kappa shape index (κ1) is 53.0. The summed E-state index contributed by atoms with van der Waals surface area (Å²) in [6, 6.07) is 64.8. The summed E-state index contributed by atoms with van der Waals surface area (Å²) in [6.45, 7) is 38.0. The van der Waals surface area contributed by atoms with Crippen LogP contribution in [0, 0.1) is 10.8 Å². The predicted octanol–water partition coefficient (Wildman–Crippen LogP) is 19.5. The third kappa shape index (κ3) is 10.2. The Morgan fingerprint density at radius 2 is 0.883 bits per heavy atom. The van der Waals surface area contributed by atoms with Crippen molar-refractivity contribution < 1.29 is 4.74 Å². The van der Waals surface area contributed by atoms with Crippen LogP contribution in [-0.2, 0) is 21.7 Å². The van der Waals surface area contributed by atoms with Crippen LogP contribution in [0.1, 0.15) is 144 Å². The van der Waals surface area contributed by atoms with E-state index in [1.807, 2.05) is 6.20 Å². The quantitative estimate of drug-likeness (QED) is 0.137. The standard InChI is InChI=1S/C72H80N4O/c1-67(2,3)52-32-35-62-61(43-52)60-34-33-58(46-63(60)76(62)64-44-53(36-37-73-64)68(4,5)6)77-59-39-49(48-26-20-17-21-27-48)38-56(45-59)74-47-75(66(70(10,11)12)65(74)69(7,8)9)57-41-54(71(13,14)50-28-22-18-23-29-50)40-55(42-57)72(15,16)51-30-24-19-25-31-51/h17-46H,47H2,1-16H3. The van der Waals surface area contributed by atoms with Crippen LogP contribution in [0.2, 0.25) is 0 Å². The third-order valence-corrected chi connectivity index (χ3v) is 16.1. The molecule has 77 heavy (non-hydrogen) atoms. The minimum atomic E-state index is -0.271. The van der Waals surface area contributed by atoms with Gasteiger partial charge in [-0.05, 0) is 116 Å². The average Bonchev–Trinajstić information content (AvgIpc) is 4.14. The highest BCUT2D eigenvalue weighted by molar-refractivity contribution is 6.10. The number of ether oxygens (including phenoxy) is 1. The van der Waals surface area contributed by atoms with Crippen LogP contribution in [0.3, 0.4) is 0 Å². The molecule has 0 spiro atoms. The van der Waals surface area contributed by atoms with E-state index in [1.54, 1.807) is 0 Å². The van der Waals surface area contributed by atoms with Crippen molar-refractivity contribution >= 4 is 33.2 Å². The summed E-state index contributed by atoms with van der Waals surface area (Å²) in [5.41, 5.74) is 15.9. The first-order valence-corrected chi connectivity index (χ1v) is 27.7. The average molecular weight is 1020 g/mol. The van der Waals surface area contributed by atoms with Gasteiger partial charge < -0.3 is 14.5 Å². The molecule has 0 aliphatic carbocycles. The van der Waals surface area contributed by atoms with Gasteiger partial charge in [0.15, 0.2) is 0 Å². The van der Waals surface area contributed by atoms with Gasteiger partial charge in [-0.3, -0.25) is 4.57 Å². The second-order valence-corrected chi connectivity index (χ2v) is 26.8. The Morgan fingerprint density at radius 1 is 0.364 bits per heavy atom. The van der Waals surface area contributed by atoms with Gasteiger partial charge in [-0.15, -0.1) is 0 Å². The molecule has 2 aromatic heterocycles. The number of anilines is 2. The van der Waals surface area contributed by atoms with Gasteiger partial charge in [-0.2, -0.15) is 0 Å². The first-order chi connectivity index (χ1) is 36.2. The van der Waals surface area contributed by atoms with E-state index in [0.717, 1.165) is 45.2 Å².